The van der Waals surface area contributed by atoms with Gasteiger partial charge in [-0.25, -0.2) is 8.42 Å². The predicted octanol–water partition coefficient (Wildman–Crippen LogP) is -0.986. The van der Waals surface area contributed by atoms with E-state index in [9.17, 15) is 8.42 Å². The average Bonchev–Trinajstić information content (AvgIpc) is 2.14. The summed E-state index contributed by atoms with van der Waals surface area (Å²) in [6, 6.07) is 3.40. The van der Waals surface area contributed by atoms with Gasteiger partial charge in [-0.05, 0) is 13.0 Å². The Labute approximate surface area is 83.6 Å². The molecule has 0 saturated heterocycles. The van der Waals surface area contributed by atoms with Gasteiger partial charge < -0.3 is 5.73 Å². The molecule has 2 N–H and O–H groups in total. The zero-order valence-electron chi connectivity index (χ0n) is 7.68. The molecule has 0 fully saturated rings. The summed E-state index contributed by atoms with van der Waals surface area (Å²) in [6.45, 7) is -0.312. The first-order valence-electron chi connectivity index (χ1n) is 4.00. The van der Waals surface area contributed by atoms with Crippen LogP contribution in [0.4, 0.5) is 0 Å². The highest BCUT2D eigenvalue weighted by Gasteiger charge is 2.20. The molecule has 0 aromatic heterocycles. The predicted molar refractivity (Wildman–Crippen MR) is 50.3 cm³/mol. The standard InChI is InChI=1S/C7H12N4O2S/c8-2-1-7-14(12,13)11(5-3-9)6-4-10/h1-2,5-8H2. The number of nitrogens with zero attached hydrogens (tertiary/aromatic N) is 3. The highest BCUT2D eigenvalue weighted by Crippen LogP contribution is 2.01. The minimum absolute atomic E-state index is 0.118. The molecule has 0 unspecified atom stereocenters. The maximum atomic E-state index is 11.4. The first kappa shape index (κ1) is 12.8. The van der Waals surface area contributed by atoms with Crippen molar-refractivity contribution in [2.24, 2.45) is 5.73 Å². The van der Waals surface area contributed by atoms with E-state index in [0.29, 0.717) is 6.42 Å². The van der Waals surface area contributed by atoms with E-state index in [0.717, 1.165) is 4.31 Å². The van der Waals surface area contributed by atoms with Crippen molar-refractivity contribution >= 4 is 10.0 Å². The van der Waals surface area contributed by atoms with Crippen LogP contribution in [0.2, 0.25) is 0 Å². The van der Waals surface area contributed by atoms with Gasteiger partial charge in [0.2, 0.25) is 10.0 Å². The summed E-state index contributed by atoms with van der Waals surface area (Å²) < 4.78 is 23.7. The fraction of sp³-hybridized carbons (Fsp3) is 0.714. The molecule has 0 aromatic rings. The molecule has 6 nitrogen and oxygen atoms in total. The van der Waals surface area contributed by atoms with Gasteiger partial charge in [0.05, 0.1) is 17.9 Å². The monoisotopic (exact) mass is 216 g/mol. The third-order valence-electron chi connectivity index (χ3n) is 1.49. The quantitative estimate of drug-likeness (QED) is 0.573. The van der Waals surface area contributed by atoms with Gasteiger partial charge in [0, 0.05) is 0 Å². The Morgan fingerprint density at radius 1 is 1.21 bits per heavy atom. The molecule has 0 saturated carbocycles. The number of hydrogen-bond donors (Lipinski definition) is 1. The summed E-state index contributed by atoms with van der Waals surface area (Å²) >= 11 is 0. The smallest absolute Gasteiger partial charge is 0.216 e. The Morgan fingerprint density at radius 3 is 2.07 bits per heavy atom. The Hall–Kier alpha value is -1.15. The summed E-state index contributed by atoms with van der Waals surface area (Å²) in [5, 5.41) is 16.7. The van der Waals surface area contributed by atoms with Crippen molar-refractivity contribution in [2.75, 3.05) is 25.4 Å². The first-order chi connectivity index (χ1) is 6.58. The third kappa shape index (κ3) is 4.19. The van der Waals surface area contributed by atoms with Crippen molar-refractivity contribution in [3.63, 3.8) is 0 Å². The second-order valence-corrected chi connectivity index (χ2v) is 4.63. The molecular weight excluding hydrogens is 204 g/mol. The molecule has 0 rings (SSSR count). The fourth-order valence-corrected chi connectivity index (χ4v) is 2.10. The molecule has 0 amide bonds. The van der Waals surface area contributed by atoms with Gasteiger partial charge in [0.1, 0.15) is 13.1 Å². The van der Waals surface area contributed by atoms with E-state index < -0.39 is 10.0 Å². The van der Waals surface area contributed by atoms with E-state index in [1.807, 2.05) is 0 Å². The molecule has 14 heavy (non-hydrogen) atoms. The van der Waals surface area contributed by atoms with Crippen LogP contribution in [0, 0.1) is 22.7 Å². The first-order valence-corrected chi connectivity index (χ1v) is 5.61. The van der Waals surface area contributed by atoms with E-state index in [4.69, 9.17) is 16.3 Å². The van der Waals surface area contributed by atoms with Crippen LogP contribution in [0.3, 0.4) is 0 Å². The van der Waals surface area contributed by atoms with Crippen molar-refractivity contribution in [2.45, 2.75) is 6.42 Å². The molecular formula is C7H12N4O2S. The summed E-state index contributed by atoms with van der Waals surface area (Å²) in [6.07, 6.45) is 0.329. The van der Waals surface area contributed by atoms with Crippen LogP contribution in [-0.4, -0.2) is 38.1 Å². The van der Waals surface area contributed by atoms with Crippen LogP contribution in [0.1, 0.15) is 6.42 Å². The molecule has 0 atom stereocenters. The molecule has 0 aliphatic carbocycles. The molecule has 0 heterocycles. The minimum Gasteiger partial charge on any atom is -0.330 e. The van der Waals surface area contributed by atoms with E-state index in [-0.39, 0.29) is 25.4 Å². The maximum Gasteiger partial charge on any atom is 0.216 e. The second-order valence-electron chi connectivity index (χ2n) is 2.54. The number of nitriles is 2. The summed E-state index contributed by atoms with van der Waals surface area (Å²) in [5.41, 5.74) is 5.17. The number of hydrogen-bond acceptors (Lipinski definition) is 5. The SMILES string of the molecule is N#CCN(CC#N)S(=O)(=O)CCCN. The third-order valence-corrected chi connectivity index (χ3v) is 3.34. The van der Waals surface area contributed by atoms with E-state index in [1.54, 1.807) is 12.1 Å². The Balaban J connectivity index is 4.49. The number of rotatable bonds is 6. The lowest BCUT2D eigenvalue weighted by atomic mass is 10.5. The molecule has 7 heteroatoms. The molecule has 0 aliphatic rings. The van der Waals surface area contributed by atoms with Gasteiger partial charge in [-0.1, -0.05) is 0 Å². The van der Waals surface area contributed by atoms with Gasteiger partial charge in [0.25, 0.3) is 0 Å². The van der Waals surface area contributed by atoms with Gasteiger partial charge in [-0.15, -0.1) is 0 Å². The fourth-order valence-electron chi connectivity index (χ4n) is 0.805. The minimum atomic E-state index is -3.50. The summed E-state index contributed by atoms with van der Waals surface area (Å²) in [4.78, 5) is 0. The number of nitrogens with two attached hydrogens (primary N) is 1. The molecule has 78 valence electrons. The normalized spacial score (nSPS) is 10.9. The topological polar surface area (TPSA) is 111 Å². The van der Waals surface area contributed by atoms with Gasteiger partial charge in [-0.2, -0.15) is 14.8 Å². The van der Waals surface area contributed by atoms with Crippen LogP contribution < -0.4 is 5.73 Å². The molecule has 0 aromatic carbocycles. The zero-order valence-corrected chi connectivity index (χ0v) is 8.50. The van der Waals surface area contributed by atoms with Crippen molar-refractivity contribution in [3.8, 4) is 12.1 Å². The van der Waals surface area contributed by atoms with Crippen LogP contribution in [0.5, 0.6) is 0 Å². The lowest BCUT2D eigenvalue weighted by Crippen LogP contribution is -2.34. The Bertz CT molecular complexity index is 322. The second kappa shape index (κ2) is 6.33. The van der Waals surface area contributed by atoms with Gasteiger partial charge in [-0.3, -0.25) is 0 Å². The van der Waals surface area contributed by atoms with Crippen molar-refractivity contribution < 1.29 is 8.42 Å². The number of sulfonamides is 1. The molecule has 0 spiro atoms. The maximum absolute atomic E-state index is 11.4. The average molecular weight is 216 g/mol. The van der Waals surface area contributed by atoms with Crippen LogP contribution >= 0.6 is 0 Å². The van der Waals surface area contributed by atoms with Crippen LogP contribution in [-0.2, 0) is 10.0 Å². The highest BCUT2D eigenvalue weighted by molar-refractivity contribution is 7.89. The van der Waals surface area contributed by atoms with Gasteiger partial charge in [0.15, 0.2) is 0 Å². The largest absolute Gasteiger partial charge is 0.330 e. The Kier molecular flexibility index (Phi) is 5.81. The van der Waals surface area contributed by atoms with Crippen LogP contribution in [0.25, 0.3) is 0 Å². The van der Waals surface area contributed by atoms with E-state index in [2.05, 4.69) is 0 Å². The van der Waals surface area contributed by atoms with Crippen molar-refractivity contribution in [1.29, 1.82) is 10.5 Å². The van der Waals surface area contributed by atoms with Crippen LogP contribution in [0.15, 0.2) is 0 Å². The van der Waals surface area contributed by atoms with Crippen molar-refractivity contribution in [1.82, 2.24) is 4.31 Å². The van der Waals surface area contributed by atoms with E-state index in [1.165, 1.54) is 0 Å². The van der Waals surface area contributed by atoms with Gasteiger partial charge >= 0.3 is 0 Å². The zero-order chi connectivity index (χ0) is 11.0. The molecule has 0 radical (unpaired) electrons. The summed E-state index contributed by atoms with van der Waals surface area (Å²) in [5.74, 6) is -0.118. The molecule has 0 aliphatic heterocycles. The molecule has 0 bridgehead atoms. The van der Waals surface area contributed by atoms with E-state index >= 15 is 0 Å². The Morgan fingerprint density at radius 2 is 1.71 bits per heavy atom. The summed E-state index contributed by atoms with van der Waals surface area (Å²) in [7, 11) is -3.50. The van der Waals surface area contributed by atoms with Crippen molar-refractivity contribution in [3.05, 3.63) is 0 Å². The highest BCUT2D eigenvalue weighted by atomic mass is 32.2. The lowest BCUT2D eigenvalue weighted by Gasteiger charge is -2.14. The lowest BCUT2D eigenvalue weighted by molar-refractivity contribution is 0.478.